The highest BCUT2D eigenvalue weighted by Crippen LogP contribution is 2.26. The lowest BCUT2D eigenvalue weighted by Gasteiger charge is -2.18. The highest BCUT2D eigenvalue weighted by Gasteiger charge is 2.32. The van der Waals surface area contributed by atoms with Crippen molar-refractivity contribution in [2.75, 3.05) is 25.9 Å². The number of rotatable bonds is 7. The molecule has 0 aliphatic carbocycles. The quantitative estimate of drug-likeness (QED) is 0.411. The number of likely N-dealkylation sites (tertiary alicyclic amines) is 1. The van der Waals surface area contributed by atoms with Gasteiger partial charge in [-0.3, -0.25) is 4.79 Å². The van der Waals surface area contributed by atoms with E-state index in [1.165, 1.54) is 0 Å². The highest BCUT2D eigenvalue weighted by atomic mass is 32.2. The Labute approximate surface area is 203 Å². The van der Waals surface area contributed by atoms with Gasteiger partial charge in [-0.2, -0.15) is 0 Å². The number of pyridine rings is 1. The molecule has 3 aromatic carbocycles. The average Bonchev–Trinajstić information content (AvgIpc) is 3.21. The zero-order valence-corrected chi connectivity index (χ0v) is 20.1. The largest absolute Gasteiger partial charge is 0.497 e. The van der Waals surface area contributed by atoms with Crippen molar-refractivity contribution in [3.63, 3.8) is 0 Å². The van der Waals surface area contributed by atoms with Gasteiger partial charge in [0.05, 0.1) is 23.4 Å². The summed E-state index contributed by atoms with van der Waals surface area (Å²) in [4.78, 5) is 19.3. The van der Waals surface area contributed by atoms with Crippen LogP contribution in [0.15, 0.2) is 71.6 Å². The number of methoxy groups -OCH3 is 1. The summed E-state index contributed by atoms with van der Waals surface area (Å²) in [5, 5.41) is 2.63. The SMILES string of the molecule is COc1ccc2ccc(S(=O)(=O)NC[C@@H]3CCN(Cc4cccc5nc(N)ccc45)C3=O)cc2c1. The molecule has 1 fully saturated rings. The predicted molar refractivity (Wildman–Crippen MR) is 135 cm³/mol. The molecule has 9 heteroatoms. The predicted octanol–water partition coefficient (Wildman–Crippen LogP) is 3.31. The zero-order valence-electron chi connectivity index (χ0n) is 19.3. The van der Waals surface area contributed by atoms with Gasteiger partial charge in [0.15, 0.2) is 0 Å². The Bertz CT molecular complexity index is 1540. The van der Waals surface area contributed by atoms with E-state index in [2.05, 4.69) is 9.71 Å². The lowest BCUT2D eigenvalue weighted by molar-refractivity contribution is -0.131. The lowest BCUT2D eigenvalue weighted by atomic mass is 10.1. The molecule has 35 heavy (non-hydrogen) atoms. The molecule has 0 saturated carbocycles. The summed E-state index contributed by atoms with van der Waals surface area (Å²) < 4.78 is 33.8. The highest BCUT2D eigenvalue weighted by molar-refractivity contribution is 7.89. The zero-order chi connectivity index (χ0) is 24.6. The first-order valence-corrected chi connectivity index (χ1v) is 12.8. The van der Waals surface area contributed by atoms with Gasteiger partial charge in [-0.1, -0.05) is 24.3 Å². The summed E-state index contributed by atoms with van der Waals surface area (Å²) in [6.45, 7) is 1.07. The van der Waals surface area contributed by atoms with E-state index in [-0.39, 0.29) is 17.3 Å². The van der Waals surface area contributed by atoms with Crippen LogP contribution in [0.1, 0.15) is 12.0 Å². The maximum absolute atomic E-state index is 13.0. The summed E-state index contributed by atoms with van der Waals surface area (Å²) in [6.07, 6.45) is 0.590. The first-order valence-electron chi connectivity index (χ1n) is 11.3. The van der Waals surface area contributed by atoms with Crippen molar-refractivity contribution in [3.05, 3.63) is 72.3 Å². The molecule has 0 radical (unpaired) electrons. The average molecular weight is 491 g/mol. The smallest absolute Gasteiger partial charge is 0.240 e. The number of fused-ring (bicyclic) bond motifs is 2. The third-order valence-electron chi connectivity index (χ3n) is 6.46. The Morgan fingerprint density at radius 3 is 2.74 bits per heavy atom. The Kier molecular flexibility index (Phi) is 6.04. The molecule has 0 unspecified atom stereocenters. The lowest BCUT2D eigenvalue weighted by Crippen LogP contribution is -2.34. The second kappa shape index (κ2) is 9.16. The van der Waals surface area contributed by atoms with Gasteiger partial charge >= 0.3 is 0 Å². The van der Waals surface area contributed by atoms with E-state index in [0.29, 0.717) is 31.1 Å². The maximum atomic E-state index is 13.0. The van der Waals surface area contributed by atoms with Gasteiger partial charge in [0.2, 0.25) is 15.9 Å². The number of carbonyl (C=O) groups is 1. The van der Waals surface area contributed by atoms with Gasteiger partial charge in [-0.15, -0.1) is 0 Å². The van der Waals surface area contributed by atoms with Gasteiger partial charge in [0, 0.05) is 25.0 Å². The number of nitrogens with two attached hydrogens (primary N) is 1. The van der Waals surface area contributed by atoms with Crippen LogP contribution >= 0.6 is 0 Å². The van der Waals surface area contributed by atoms with Crippen molar-refractivity contribution in [2.45, 2.75) is 17.9 Å². The van der Waals surface area contributed by atoms with E-state index < -0.39 is 15.9 Å². The normalized spacial score (nSPS) is 16.3. The van der Waals surface area contributed by atoms with Crippen molar-refractivity contribution in [1.29, 1.82) is 0 Å². The molecule has 2 heterocycles. The van der Waals surface area contributed by atoms with E-state index in [9.17, 15) is 13.2 Å². The Morgan fingerprint density at radius 1 is 1.09 bits per heavy atom. The van der Waals surface area contributed by atoms with Crippen molar-refractivity contribution >= 4 is 43.4 Å². The Hall–Kier alpha value is -3.69. The van der Waals surface area contributed by atoms with Gasteiger partial charge in [0.1, 0.15) is 11.6 Å². The van der Waals surface area contributed by atoms with Crippen LogP contribution in [0.3, 0.4) is 0 Å². The number of nitrogens with one attached hydrogen (secondary N) is 1. The topological polar surface area (TPSA) is 115 Å². The van der Waals surface area contributed by atoms with Crippen molar-refractivity contribution in [3.8, 4) is 5.75 Å². The number of sulfonamides is 1. The molecule has 5 rings (SSSR count). The van der Waals surface area contributed by atoms with Gasteiger partial charge < -0.3 is 15.4 Å². The summed E-state index contributed by atoms with van der Waals surface area (Å²) in [5.74, 6) is 0.636. The van der Waals surface area contributed by atoms with Crippen LogP contribution in [0.4, 0.5) is 5.82 Å². The molecule has 8 nitrogen and oxygen atoms in total. The van der Waals surface area contributed by atoms with E-state index in [4.69, 9.17) is 10.5 Å². The third kappa shape index (κ3) is 4.65. The van der Waals surface area contributed by atoms with Gasteiger partial charge in [0.25, 0.3) is 0 Å². The number of hydrogen-bond donors (Lipinski definition) is 2. The van der Waals surface area contributed by atoms with Crippen molar-refractivity contribution < 1.29 is 17.9 Å². The number of aromatic nitrogens is 1. The minimum absolute atomic E-state index is 0.0570. The second-order valence-corrected chi connectivity index (χ2v) is 10.5. The molecule has 0 spiro atoms. The molecule has 1 aliphatic rings. The number of carbonyl (C=O) groups excluding carboxylic acids is 1. The number of hydrogen-bond acceptors (Lipinski definition) is 6. The van der Waals surface area contributed by atoms with E-state index in [1.807, 2.05) is 36.4 Å². The second-order valence-electron chi connectivity index (χ2n) is 8.69. The number of anilines is 1. The third-order valence-corrected chi connectivity index (χ3v) is 7.88. The summed E-state index contributed by atoms with van der Waals surface area (Å²) >= 11 is 0. The van der Waals surface area contributed by atoms with E-state index in [0.717, 1.165) is 27.2 Å². The minimum Gasteiger partial charge on any atom is -0.497 e. The van der Waals surface area contributed by atoms with Crippen LogP contribution < -0.4 is 15.2 Å². The summed E-state index contributed by atoms with van der Waals surface area (Å²) in [5.41, 5.74) is 7.56. The molecule has 4 aromatic rings. The fourth-order valence-electron chi connectivity index (χ4n) is 4.52. The Morgan fingerprint density at radius 2 is 1.91 bits per heavy atom. The van der Waals surface area contributed by atoms with Gasteiger partial charge in [-0.25, -0.2) is 18.1 Å². The molecule has 1 saturated heterocycles. The molecular weight excluding hydrogens is 464 g/mol. The standard InChI is InChI=1S/C26H26N4O4S/c1-34-21-7-5-17-6-8-22(14-20(17)13-21)35(32,33)28-15-18-11-12-30(26(18)31)16-19-3-2-4-24-23(19)9-10-25(27)29-24/h2-10,13-14,18,28H,11-12,15-16H2,1H3,(H2,27,29)/t18-/m0/s1. The molecule has 1 atom stereocenters. The number of nitrogens with zero attached hydrogens (tertiary/aromatic N) is 2. The molecule has 1 amide bonds. The number of nitrogen functional groups attached to an aromatic ring is 1. The van der Waals surface area contributed by atoms with Crippen LogP contribution in [-0.4, -0.2) is 44.4 Å². The molecule has 1 aromatic heterocycles. The molecule has 1 aliphatic heterocycles. The first-order chi connectivity index (χ1) is 16.8. The fraction of sp³-hybridized carbons (Fsp3) is 0.231. The van der Waals surface area contributed by atoms with Crippen LogP contribution in [-0.2, 0) is 21.4 Å². The van der Waals surface area contributed by atoms with Crippen molar-refractivity contribution in [2.24, 2.45) is 5.92 Å². The monoisotopic (exact) mass is 490 g/mol. The number of amides is 1. The van der Waals surface area contributed by atoms with Crippen LogP contribution in [0, 0.1) is 5.92 Å². The fourth-order valence-corrected chi connectivity index (χ4v) is 5.64. The summed E-state index contributed by atoms with van der Waals surface area (Å²) in [6, 6.07) is 19.9. The van der Waals surface area contributed by atoms with Gasteiger partial charge in [-0.05, 0) is 65.2 Å². The molecule has 0 bridgehead atoms. The summed E-state index contributed by atoms with van der Waals surface area (Å²) in [7, 11) is -2.21. The van der Waals surface area contributed by atoms with Crippen molar-refractivity contribution in [1.82, 2.24) is 14.6 Å². The van der Waals surface area contributed by atoms with E-state index >= 15 is 0 Å². The molecule has 3 N–H and O–H groups in total. The number of benzene rings is 3. The maximum Gasteiger partial charge on any atom is 0.240 e. The molecular formula is C26H26N4O4S. The number of ether oxygens (including phenoxy) is 1. The van der Waals surface area contributed by atoms with Crippen LogP contribution in [0.25, 0.3) is 21.7 Å². The Balaban J connectivity index is 1.27. The molecule has 180 valence electrons. The van der Waals surface area contributed by atoms with Crippen LogP contribution in [0.2, 0.25) is 0 Å². The van der Waals surface area contributed by atoms with E-state index in [1.54, 1.807) is 42.3 Å². The minimum atomic E-state index is -3.77. The first kappa shape index (κ1) is 23.1. The van der Waals surface area contributed by atoms with Crippen LogP contribution in [0.5, 0.6) is 5.75 Å².